The topological polar surface area (TPSA) is 68.7 Å². The Bertz CT molecular complexity index is 735. The van der Waals surface area contributed by atoms with Gasteiger partial charge in [0.25, 0.3) is 0 Å². The second kappa shape index (κ2) is 8.12. The molecule has 25 heavy (non-hydrogen) atoms. The number of aromatic nitrogens is 1. The number of nitrogens with zero attached hydrogens (tertiary/aromatic N) is 1. The van der Waals surface area contributed by atoms with E-state index in [4.69, 9.17) is 14.6 Å². The van der Waals surface area contributed by atoms with Gasteiger partial charge in [0.15, 0.2) is 0 Å². The Kier molecular flexibility index (Phi) is 6.15. The van der Waals surface area contributed by atoms with Gasteiger partial charge in [0, 0.05) is 17.8 Å². The van der Waals surface area contributed by atoms with Gasteiger partial charge in [0.2, 0.25) is 0 Å². The van der Waals surface area contributed by atoms with E-state index in [1.54, 1.807) is 12.1 Å². The van der Waals surface area contributed by atoms with Crippen molar-refractivity contribution in [3.8, 4) is 5.75 Å². The average molecular weight is 343 g/mol. The molecule has 0 unspecified atom stereocenters. The second-order valence-corrected chi connectivity index (χ2v) is 6.89. The van der Waals surface area contributed by atoms with E-state index < -0.39 is 5.60 Å². The van der Waals surface area contributed by atoms with Gasteiger partial charge in [-0.2, -0.15) is 0 Å². The molecule has 5 heteroatoms. The first-order valence-electron chi connectivity index (χ1n) is 8.30. The molecule has 1 heterocycles. The Hall–Kier alpha value is -2.40. The third-order valence-corrected chi connectivity index (χ3v) is 3.28. The number of rotatable bonds is 6. The molecule has 2 aromatic rings. The predicted octanol–water partition coefficient (Wildman–Crippen LogP) is 3.31. The maximum atomic E-state index is 12.3. The van der Waals surface area contributed by atoms with Crippen LogP contribution < -0.4 is 4.74 Å². The summed E-state index contributed by atoms with van der Waals surface area (Å²) in [6.45, 7) is 7.63. The van der Waals surface area contributed by atoms with Crippen LogP contribution in [0.3, 0.4) is 0 Å². The number of aliphatic hydroxyl groups excluding tert-OH is 1. The molecule has 5 nitrogen and oxygen atoms in total. The molecule has 0 aliphatic heterocycles. The lowest BCUT2D eigenvalue weighted by Gasteiger charge is -2.19. The molecule has 1 aromatic carbocycles. The van der Waals surface area contributed by atoms with Crippen LogP contribution in [-0.2, 0) is 11.2 Å². The van der Waals surface area contributed by atoms with Gasteiger partial charge in [-0.05, 0) is 57.5 Å². The van der Waals surface area contributed by atoms with E-state index in [2.05, 4.69) is 4.98 Å². The van der Waals surface area contributed by atoms with Crippen molar-refractivity contribution in [1.29, 1.82) is 0 Å². The molecule has 134 valence electrons. The molecule has 0 saturated heterocycles. The number of aryl methyl sites for hydroxylation is 1. The normalized spacial score (nSPS) is 11.2. The van der Waals surface area contributed by atoms with Crippen molar-refractivity contribution >= 4 is 5.97 Å². The van der Waals surface area contributed by atoms with Gasteiger partial charge in [-0.1, -0.05) is 12.1 Å². The number of hydrogen-bond donors (Lipinski definition) is 1. The summed E-state index contributed by atoms with van der Waals surface area (Å²) in [6, 6.07) is 11.1. The maximum absolute atomic E-state index is 12.3. The Morgan fingerprint density at radius 3 is 2.64 bits per heavy atom. The van der Waals surface area contributed by atoms with E-state index in [1.807, 2.05) is 52.0 Å². The van der Waals surface area contributed by atoms with Gasteiger partial charge in [-0.25, -0.2) is 4.79 Å². The van der Waals surface area contributed by atoms with Crippen LogP contribution in [0.4, 0.5) is 0 Å². The van der Waals surface area contributed by atoms with Gasteiger partial charge >= 0.3 is 5.97 Å². The summed E-state index contributed by atoms with van der Waals surface area (Å²) in [5, 5.41) is 8.85. The third-order valence-electron chi connectivity index (χ3n) is 3.28. The Morgan fingerprint density at radius 2 is 1.96 bits per heavy atom. The molecule has 1 N–H and O–H groups in total. The summed E-state index contributed by atoms with van der Waals surface area (Å²) in [5.74, 6) is 0.353. The molecule has 0 spiro atoms. The van der Waals surface area contributed by atoms with Crippen molar-refractivity contribution in [1.82, 2.24) is 4.98 Å². The van der Waals surface area contributed by atoms with Crippen LogP contribution in [-0.4, -0.2) is 34.9 Å². The maximum Gasteiger partial charge on any atom is 0.338 e. The standard InChI is InChI=1S/C20H25NO4/c1-14-10-16(19(23)25-20(2,3)4)13-17(21-14)11-15-6-5-7-18(12-15)24-9-8-22/h5-7,10,12-13,22H,8-9,11H2,1-4H3. The average Bonchev–Trinajstić information content (AvgIpc) is 2.51. The number of hydrogen-bond acceptors (Lipinski definition) is 5. The minimum atomic E-state index is -0.535. The van der Waals surface area contributed by atoms with Crippen LogP contribution >= 0.6 is 0 Å². The molecule has 2 rings (SSSR count). The minimum Gasteiger partial charge on any atom is -0.491 e. The highest BCUT2D eigenvalue weighted by atomic mass is 16.6. The zero-order valence-corrected chi connectivity index (χ0v) is 15.2. The Morgan fingerprint density at radius 1 is 1.20 bits per heavy atom. The fourth-order valence-electron chi connectivity index (χ4n) is 2.40. The van der Waals surface area contributed by atoms with Crippen molar-refractivity contribution in [3.05, 3.63) is 58.9 Å². The van der Waals surface area contributed by atoms with Crippen LogP contribution in [0.15, 0.2) is 36.4 Å². The second-order valence-electron chi connectivity index (χ2n) is 6.89. The van der Waals surface area contributed by atoms with Gasteiger partial charge in [-0.3, -0.25) is 4.98 Å². The third kappa shape index (κ3) is 6.19. The lowest BCUT2D eigenvalue weighted by atomic mass is 10.1. The smallest absolute Gasteiger partial charge is 0.338 e. The van der Waals surface area contributed by atoms with Crippen molar-refractivity contribution in [2.24, 2.45) is 0 Å². The highest BCUT2D eigenvalue weighted by Crippen LogP contribution is 2.18. The molecule has 0 aliphatic carbocycles. The Labute approximate surface area is 148 Å². The number of pyridine rings is 1. The summed E-state index contributed by atoms with van der Waals surface area (Å²) in [5.41, 5.74) is 2.55. The summed E-state index contributed by atoms with van der Waals surface area (Å²) in [7, 11) is 0. The van der Waals surface area contributed by atoms with Gasteiger partial charge in [0.05, 0.1) is 12.2 Å². The van der Waals surface area contributed by atoms with Crippen LogP contribution in [0.25, 0.3) is 0 Å². The van der Waals surface area contributed by atoms with Gasteiger partial charge in [-0.15, -0.1) is 0 Å². The highest BCUT2D eigenvalue weighted by molar-refractivity contribution is 5.89. The molecule has 0 saturated carbocycles. The van der Waals surface area contributed by atoms with Crippen LogP contribution in [0.1, 0.15) is 48.1 Å². The molecular formula is C20H25NO4. The number of benzene rings is 1. The van der Waals surface area contributed by atoms with Crippen LogP contribution in [0.2, 0.25) is 0 Å². The number of esters is 1. The molecule has 0 amide bonds. The van der Waals surface area contributed by atoms with Crippen molar-refractivity contribution in [2.75, 3.05) is 13.2 Å². The summed E-state index contributed by atoms with van der Waals surface area (Å²) < 4.78 is 10.9. The zero-order chi connectivity index (χ0) is 18.4. The van der Waals surface area contributed by atoms with Gasteiger partial charge in [0.1, 0.15) is 18.0 Å². The molecule has 1 aromatic heterocycles. The van der Waals surface area contributed by atoms with E-state index in [0.717, 1.165) is 17.0 Å². The minimum absolute atomic E-state index is 0.0249. The van der Waals surface area contributed by atoms with E-state index in [0.29, 0.717) is 17.7 Å². The lowest BCUT2D eigenvalue weighted by Crippen LogP contribution is -2.24. The van der Waals surface area contributed by atoms with E-state index in [9.17, 15) is 4.79 Å². The first-order valence-corrected chi connectivity index (χ1v) is 8.30. The number of carbonyl (C=O) groups is 1. The van der Waals surface area contributed by atoms with Crippen molar-refractivity contribution < 1.29 is 19.4 Å². The number of carbonyl (C=O) groups excluding carboxylic acids is 1. The predicted molar refractivity (Wildman–Crippen MR) is 96.0 cm³/mol. The Balaban J connectivity index is 2.19. The highest BCUT2D eigenvalue weighted by Gasteiger charge is 2.18. The number of aliphatic hydroxyl groups is 1. The monoisotopic (exact) mass is 343 g/mol. The first-order chi connectivity index (χ1) is 11.8. The molecular weight excluding hydrogens is 318 g/mol. The molecule has 0 atom stereocenters. The first kappa shape index (κ1) is 18.9. The largest absolute Gasteiger partial charge is 0.491 e. The zero-order valence-electron chi connectivity index (χ0n) is 15.2. The van der Waals surface area contributed by atoms with E-state index in [1.165, 1.54) is 0 Å². The molecule has 0 aliphatic rings. The van der Waals surface area contributed by atoms with Crippen LogP contribution in [0, 0.1) is 6.92 Å². The SMILES string of the molecule is Cc1cc(C(=O)OC(C)(C)C)cc(Cc2cccc(OCCO)c2)n1. The quantitative estimate of drug-likeness (QED) is 0.815. The van der Waals surface area contributed by atoms with Gasteiger partial charge < -0.3 is 14.6 Å². The number of ether oxygens (including phenoxy) is 2. The lowest BCUT2D eigenvalue weighted by molar-refractivity contribution is 0.00691. The van der Waals surface area contributed by atoms with Crippen LogP contribution in [0.5, 0.6) is 5.75 Å². The fourth-order valence-corrected chi connectivity index (χ4v) is 2.40. The van der Waals surface area contributed by atoms with Crippen molar-refractivity contribution in [3.63, 3.8) is 0 Å². The summed E-state index contributed by atoms with van der Waals surface area (Å²) >= 11 is 0. The summed E-state index contributed by atoms with van der Waals surface area (Å²) in [4.78, 5) is 16.8. The molecule has 0 bridgehead atoms. The fraction of sp³-hybridized carbons (Fsp3) is 0.400. The van der Waals surface area contributed by atoms with E-state index in [-0.39, 0.29) is 19.2 Å². The molecule has 0 radical (unpaired) electrons. The molecule has 0 fully saturated rings. The summed E-state index contributed by atoms with van der Waals surface area (Å²) in [6.07, 6.45) is 0.577. The van der Waals surface area contributed by atoms with E-state index >= 15 is 0 Å². The van der Waals surface area contributed by atoms with Crippen molar-refractivity contribution in [2.45, 2.75) is 39.7 Å².